The van der Waals surface area contributed by atoms with Gasteiger partial charge in [-0.15, -0.1) is 0 Å². The summed E-state index contributed by atoms with van der Waals surface area (Å²) in [6.45, 7) is 4.71. The highest BCUT2D eigenvalue weighted by atomic mass is 32.1. The number of hydrogen-bond donors (Lipinski definition) is 1. The van der Waals surface area contributed by atoms with Crippen LogP contribution in [0.2, 0.25) is 0 Å². The van der Waals surface area contributed by atoms with Crippen molar-refractivity contribution in [1.29, 1.82) is 0 Å². The number of nitrogens with zero attached hydrogens (tertiary/aromatic N) is 1. The summed E-state index contributed by atoms with van der Waals surface area (Å²) >= 11 is 5.77. The van der Waals surface area contributed by atoms with Crippen LogP contribution >= 0.6 is 12.2 Å². The van der Waals surface area contributed by atoms with Crippen molar-refractivity contribution in [3.8, 4) is 17.2 Å². The third-order valence-electron chi connectivity index (χ3n) is 5.00. The molecule has 0 aromatic heterocycles. The van der Waals surface area contributed by atoms with Crippen LogP contribution in [0.15, 0.2) is 42.5 Å². The molecular formula is C23H30N2O4S. The molecule has 3 rings (SSSR count). The lowest BCUT2D eigenvalue weighted by atomic mass is 10.1. The van der Waals surface area contributed by atoms with Gasteiger partial charge in [0, 0.05) is 30.9 Å². The van der Waals surface area contributed by atoms with Crippen LogP contribution in [-0.4, -0.2) is 50.1 Å². The van der Waals surface area contributed by atoms with Crippen molar-refractivity contribution in [3.63, 3.8) is 0 Å². The van der Waals surface area contributed by atoms with Gasteiger partial charge in [0.2, 0.25) is 0 Å². The molecule has 7 heteroatoms. The lowest BCUT2D eigenvalue weighted by Crippen LogP contribution is -2.39. The van der Waals surface area contributed by atoms with Gasteiger partial charge in [0.15, 0.2) is 16.6 Å². The average molecular weight is 431 g/mol. The van der Waals surface area contributed by atoms with Gasteiger partial charge in [0.05, 0.1) is 26.9 Å². The molecular weight excluding hydrogens is 400 g/mol. The molecule has 0 saturated carbocycles. The monoisotopic (exact) mass is 430 g/mol. The van der Waals surface area contributed by atoms with Crippen LogP contribution in [0.3, 0.4) is 0 Å². The molecule has 0 aliphatic carbocycles. The number of thiocarbonyl (C=S) groups is 1. The van der Waals surface area contributed by atoms with Crippen LogP contribution in [0, 0.1) is 0 Å². The molecule has 6 nitrogen and oxygen atoms in total. The van der Waals surface area contributed by atoms with Crippen molar-refractivity contribution in [2.75, 3.05) is 39.3 Å². The maximum Gasteiger partial charge on any atom is 0.173 e. The smallest absolute Gasteiger partial charge is 0.173 e. The summed E-state index contributed by atoms with van der Waals surface area (Å²) in [5.41, 5.74) is 1.92. The molecule has 0 spiro atoms. The van der Waals surface area contributed by atoms with Crippen LogP contribution in [-0.2, 0) is 11.3 Å². The molecule has 1 atom stereocenters. The van der Waals surface area contributed by atoms with E-state index in [1.54, 1.807) is 14.2 Å². The first kappa shape index (κ1) is 22.2. The lowest BCUT2D eigenvalue weighted by Gasteiger charge is -2.29. The third kappa shape index (κ3) is 5.77. The van der Waals surface area contributed by atoms with Crippen LogP contribution in [0.1, 0.15) is 25.3 Å². The van der Waals surface area contributed by atoms with Gasteiger partial charge in [-0.2, -0.15) is 0 Å². The van der Waals surface area contributed by atoms with E-state index in [1.807, 2.05) is 49.4 Å². The Morgan fingerprint density at radius 3 is 2.60 bits per heavy atom. The summed E-state index contributed by atoms with van der Waals surface area (Å²) in [4.78, 5) is 2.12. The standard InChI is InChI=1S/C23H30N2O4S/c1-4-28-19-12-10-18(11-13-19)24-23(30)25(16-20-8-6-14-29-20)15-17-7-5-9-21(26-2)22(17)27-3/h5,7,9-13,20H,4,6,8,14-16H2,1-3H3,(H,24,30). The predicted octanol–water partition coefficient (Wildman–Crippen LogP) is 4.48. The quantitative estimate of drug-likeness (QED) is 0.589. The summed E-state index contributed by atoms with van der Waals surface area (Å²) < 4.78 is 22.4. The van der Waals surface area contributed by atoms with Gasteiger partial charge in [0.1, 0.15) is 5.75 Å². The molecule has 0 bridgehead atoms. The van der Waals surface area contributed by atoms with Gasteiger partial charge >= 0.3 is 0 Å². The molecule has 2 aromatic rings. The maximum absolute atomic E-state index is 5.86. The summed E-state index contributed by atoms with van der Waals surface area (Å²) in [7, 11) is 3.30. The number of para-hydroxylation sites is 1. The first-order chi connectivity index (χ1) is 14.6. The fourth-order valence-electron chi connectivity index (χ4n) is 3.54. The number of ether oxygens (including phenoxy) is 4. The van der Waals surface area contributed by atoms with Gasteiger partial charge in [0.25, 0.3) is 0 Å². The van der Waals surface area contributed by atoms with E-state index < -0.39 is 0 Å². The Bertz CT molecular complexity index is 822. The van der Waals surface area contributed by atoms with Crippen molar-refractivity contribution >= 4 is 23.0 Å². The fourth-order valence-corrected chi connectivity index (χ4v) is 3.80. The first-order valence-electron chi connectivity index (χ1n) is 10.2. The summed E-state index contributed by atoms with van der Waals surface area (Å²) in [6.07, 6.45) is 2.29. The number of hydrogen-bond acceptors (Lipinski definition) is 5. The van der Waals surface area contributed by atoms with Crippen molar-refractivity contribution in [2.45, 2.75) is 32.4 Å². The number of anilines is 1. The zero-order valence-corrected chi connectivity index (χ0v) is 18.7. The van der Waals surface area contributed by atoms with Crippen molar-refractivity contribution in [2.24, 2.45) is 0 Å². The Hall–Kier alpha value is -2.51. The molecule has 0 radical (unpaired) electrons. The normalized spacial score (nSPS) is 15.5. The molecule has 30 heavy (non-hydrogen) atoms. The highest BCUT2D eigenvalue weighted by molar-refractivity contribution is 7.80. The van der Waals surface area contributed by atoms with E-state index in [0.29, 0.717) is 30.6 Å². The minimum absolute atomic E-state index is 0.168. The fraction of sp³-hybridized carbons (Fsp3) is 0.435. The Kier molecular flexibility index (Phi) is 8.16. The molecule has 2 aromatic carbocycles. The second-order valence-electron chi connectivity index (χ2n) is 7.06. The highest BCUT2D eigenvalue weighted by Gasteiger charge is 2.23. The number of rotatable bonds is 9. The molecule has 1 saturated heterocycles. The largest absolute Gasteiger partial charge is 0.494 e. The second-order valence-corrected chi connectivity index (χ2v) is 7.44. The predicted molar refractivity (Wildman–Crippen MR) is 123 cm³/mol. The molecule has 1 aliphatic heterocycles. The molecule has 1 fully saturated rings. The Labute approximate surface area is 184 Å². The Morgan fingerprint density at radius 2 is 1.97 bits per heavy atom. The zero-order chi connectivity index (χ0) is 21.3. The summed E-state index contributed by atoms with van der Waals surface area (Å²) in [5.74, 6) is 2.27. The van der Waals surface area contributed by atoms with E-state index in [0.717, 1.165) is 42.2 Å². The zero-order valence-electron chi connectivity index (χ0n) is 17.8. The van der Waals surface area contributed by atoms with E-state index in [9.17, 15) is 0 Å². The van der Waals surface area contributed by atoms with E-state index in [-0.39, 0.29) is 6.10 Å². The molecule has 1 aliphatic rings. The van der Waals surface area contributed by atoms with Gasteiger partial charge in [-0.05, 0) is 62.3 Å². The third-order valence-corrected chi connectivity index (χ3v) is 5.36. The molecule has 1 heterocycles. The Morgan fingerprint density at radius 1 is 1.17 bits per heavy atom. The van der Waals surface area contributed by atoms with Crippen molar-refractivity contribution < 1.29 is 18.9 Å². The average Bonchev–Trinajstić information content (AvgIpc) is 3.27. The molecule has 1 unspecified atom stereocenters. The number of methoxy groups -OCH3 is 2. The summed E-state index contributed by atoms with van der Waals surface area (Å²) in [6, 6.07) is 13.7. The van der Waals surface area contributed by atoms with Crippen LogP contribution < -0.4 is 19.5 Å². The number of benzene rings is 2. The van der Waals surface area contributed by atoms with Crippen LogP contribution in [0.5, 0.6) is 17.2 Å². The summed E-state index contributed by atoms with van der Waals surface area (Å²) in [5, 5.41) is 3.98. The van der Waals surface area contributed by atoms with E-state index in [4.69, 9.17) is 31.2 Å². The van der Waals surface area contributed by atoms with Crippen molar-refractivity contribution in [1.82, 2.24) is 4.90 Å². The minimum atomic E-state index is 0.168. The maximum atomic E-state index is 5.86. The first-order valence-corrected chi connectivity index (χ1v) is 10.7. The molecule has 1 N–H and O–H groups in total. The number of nitrogens with one attached hydrogen (secondary N) is 1. The topological polar surface area (TPSA) is 52.2 Å². The minimum Gasteiger partial charge on any atom is -0.494 e. The lowest BCUT2D eigenvalue weighted by molar-refractivity contribution is 0.0903. The van der Waals surface area contributed by atoms with Crippen LogP contribution in [0.4, 0.5) is 5.69 Å². The van der Waals surface area contributed by atoms with Crippen molar-refractivity contribution in [3.05, 3.63) is 48.0 Å². The van der Waals surface area contributed by atoms with Gasteiger partial charge in [-0.25, -0.2) is 0 Å². The van der Waals surface area contributed by atoms with Gasteiger partial charge in [-0.1, -0.05) is 12.1 Å². The molecule has 0 amide bonds. The molecule has 162 valence electrons. The Balaban J connectivity index is 1.77. The van der Waals surface area contributed by atoms with Gasteiger partial charge < -0.3 is 29.2 Å². The van der Waals surface area contributed by atoms with E-state index in [2.05, 4.69) is 10.2 Å². The van der Waals surface area contributed by atoms with Crippen LogP contribution in [0.25, 0.3) is 0 Å². The van der Waals surface area contributed by atoms with E-state index in [1.165, 1.54) is 0 Å². The highest BCUT2D eigenvalue weighted by Crippen LogP contribution is 2.32. The van der Waals surface area contributed by atoms with E-state index >= 15 is 0 Å². The second kappa shape index (κ2) is 11.0. The van der Waals surface area contributed by atoms with Gasteiger partial charge in [-0.3, -0.25) is 0 Å². The SMILES string of the molecule is CCOc1ccc(NC(=S)N(Cc2cccc(OC)c2OC)CC2CCCO2)cc1.